The fourth-order valence-electron chi connectivity index (χ4n) is 3.57. The maximum atomic E-state index is 2.49. The van der Waals surface area contributed by atoms with Crippen LogP contribution in [0.4, 0.5) is 0 Å². The van der Waals surface area contributed by atoms with Crippen molar-refractivity contribution in [3.05, 3.63) is 76.9 Å². The molecule has 1 aliphatic rings. The summed E-state index contributed by atoms with van der Waals surface area (Å²) in [5, 5.41) is 0. The summed E-state index contributed by atoms with van der Waals surface area (Å²) in [6, 6.07) is 17.8. The highest BCUT2D eigenvalue weighted by molar-refractivity contribution is 5.85. The fourth-order valence-corrected chi connectivity index (χ4v) is 3.57. The zero-order chi connectivity index (χ0) is 16.1. The predicted octanol–water partition coefficient (Wildman–Crippen LogP) is 5.37. The van der Waals surface area contributed by atoms with Gasteiger partial charge < -0.3 is 4.90 Å². The van der Waals surface area contributed by atoms with Gasteiger partial charge in [0.15, 0.2) is 0 Å². The van der Waals surface area contributed by atoms with Gasteiger partial charge in [-0.15, -0.1) is 12.4 Å². The Kier molecular flexibility index (Phi) is 7.08. The second-order valence-corrected chi connectivity index (χ2v) is 6.25. The van der Waals surface area contributed by atoms with Gasteiger partial charge in [-0.3, -0.25) is 0 Å². The lowest BCUT2D eigenvalue weighted by atomic mass is 9.93. The molecule has 0 unspecified atom stereocenters. The summed E-state index contributed by atoms with van der Waals surface area (Å²) in [6.07, 6.45) is 5.85. The number of hydrogen-bond donors (Lipinski definition) is 0. The largest absolute Gasteiger partial charge is 0.304 e. The molecule has 0 radical (unpaired) electrons. The van der Waals surface area contributed by atoms with Crippen LogP contribution >= 0.6 is 12.4 Å². The summed E-state index contributed by atoms with van der Waals surface area (Å²) in [5.41, 5.74) is 7.26. The van der Waals surface area contributed by atoms with Crippen molar-refractivity contribution in [1.82, 2.24) is 4.90 Å². The Bertz CT molecular complexity index is 636. The van der Waals surface area contributed by atoms with Gasteiger partial charge in [-0.2, -0.15) is 0 Å². The minimum Gasteiger partial charge on any atom is -0.304 e. The number of nitrogens with zero attached hydrogens (tertiary/aromatic N) is 1. The van der Waals surface area contributed by atoms with E-state index < -0.39 is 0 Å². The predicted molar refractivity (Wildman–Crippen MR) is 107 cm³/mol. The van der Waals surface area contributed by atoms with E-state index in [9.17, 15) is 0 Å². The van der Waals surface area contributed by atoms with Crippen molar-refractivity contribution in [2.24, 2.45) is 0 Å². The van der Waals surface area contributed by atoms with Gasteiger partial charge in [-0.25, -0.2) is 0 Å². The molecule has 0 saturated heterocycles. The molecule has 2 aromatic rings. The van der Waals surface area contributed by atoms with Gasteiger partial charge in [-0.05, 0) is 60.2 Å². The zero-order valence-electron chi connectivity index (χ0n) is 14.8. The van der Waals surface area contributed by atoms with E-state index >= 15 is 0 Å². The van der Waals surface area contributed by atoms with Crippen LogP contribution < -0.4 is 0 Å². The average molecular weight is 342 g/mol. The third-order valence-electron chi connectivity index (χ3n) is 4.97. The number of hydrogen-bond acceptors (Lipinski definition) is 1. The molecule has 0 bridgehead atoms. The second-order valence-electron chi connectivity index (χ2n) is 6.25. The van der Waals surface area contributed by atoms with Gasteiger partial charge in [0.2, 0.25) is 0 Å². The summed E-state index contributed by atoms with van der Waals surface area (Å²) in [7, 11) is 0. The average Bonchev–Trinajstić information content (AvgIpc) is 2.76. The molecular formula is C22H28ClN. The molecule has 128 valence electrons. The topological polar surface area (TPSA) is 3.24 Å². The molecule has 0 N–H and O–H groups in total. The van der Waals surface area contributed by atoms with Crippen LogP contribution in [-0.4, -0.2) is 24.5 Å². The molecule has 0 spiro atoms. The molecule has 2 aromatic carbocycles. The summed E-state index contributed by atoms with van der Waals surface area (Å²) in [4.78, 5) is 2.49. The van der Waals surface area contributed by atoms with Crippen molar-refractivity contribution < 1.29 is 0 Å². The number of halogens is 1. The summed E-state index contributed by atoms with van der Waals surface area (Å²) in [6.45, 7) is 7.89. The molecule has 1 nitrogen and oxygen atoms in total. The van der Waals surface area contributed by atoms with E-state index in [1.165, 1.54) is 27.8 Å². The molecule has 24 heavy (non-hydrogen) atoms. The van der Waals surface area contributed by atoms with Crippen molar-refractivity contribution in [3.63, 3.8) is 0 Å². The lowest BCUT2D eigenvalue weighted by Gasteiger charge is -2.17. The van der Waals surface area contributed by atoms with Crippen molar-refractivity contribution in [2.75, 3.05) is 19.6 Å². The smallest absolute Gasteiger partial charge is 0.00160 e. The van der Waals surface area contributed by atoms with E-state index in [1.54, 1.807) is 0 Å². The fraction of sp³-hybridized carbons (Fsp3) is 0.364. The van der Waals surface area contributed by atoms with E-state index in [0.717, 1.165) is 38.9 Å². The Morgan fingerprint density at radius 2 is 1.33 bits per heavy atom. The first-order chi connectivity index (χ1) is 11.3. The van der Waals surface area contributed by atoms with E-state index in [-0.39, 0.29) is 12.4 Å². The maximum absolute atomic E-state index is 2.49. The molecule has 0 heterocycles. The third-order valence-corrected chi connectivity index (χ3v) is 4.97. The van der Waals surface area contributed by atoms with Gasteiger partial charge in [0, 0.05) is 6.54 Å². The summed E-state index contributed by atoms with van der Waals surface area (Å²) < 4.78 is 0. The number of benzene rings is 2. The van der Waals surface area contributed by atoms with Crippen LogP contribution in [0, 0.1) is 0 Å². The second kappa shape index (κ2) is 9.05. The van der Waals surface area contributed by atoms with Crippen molar-refractivity contribution in [2.45, 2.75) is 33.1 Å². The first-order valence-corrected chi connectivity index (χ1v) is 8.92. The van der Waals surface area contributed by atoms with Crippen LogP contribution in [-0.2, 0) is 12.8 Å². The summed E-state index contributed by atoms with van der Waals surface area (Å²) in [5.74, 6) is 0. The molecule has 0 saturated carbocycles. The molecule has 2 heteroatoms. The van der Waals surface area contributed by atoms with Gasteiger partial charge >= 0.3 is 0 Å². The maximum Gasteiger partial charge on any atom is 0.00160 e. The van der Waals surface area contributed by atoms with Crippen LogP contribution in [0.2, 0.25) is 0 Å². The first kappa shape index (κ1) is 18.8. The molecule has 0 fully saturated rings. The number of aryl methyl sites for hydroxylation is 2. The Hall–Kier alpha value is -1.57. The van der Waals surface area contributed by atoms with E-state index in [0.29, 0.717) is 0 Å². The minimum atomic E-state index is 0. The van der Waals surface area contributed by atoms with Crippen molar-refractivity contribution in [1.29, 1.82) is 0 Å². The SMILES string of the molecule is CCN(CC)CCC=C1c2ccccc2CCc2ccccc21.Cl. The standard InChI is InChI=1S/C22H27N.ClH/c1-3-23(4-2)17-9-14-22-20-12-7-5-10-18(20)15-16-19-11-6-8-13-21(19)22;/h5-8,10-14H,3-4,9,15-17H2,1-2H3;1H. The molecular weight excluding hydrogens is 314 g/mol. The lowest BCUT2D eigenvalue weighted by molar-refractivity contribution is 0.310. The molecule has 3 rings (SSSR count). The van der Waals surface area contributed by atoms with Crippen molar-refractivity contribution in [3.8, 4) is 0 Å². The quantitative estimate of drug-likeness (QED) is 0.706. The Morgan fingerprint density at radius 3 is 1.83 bits per heavy atom. The van der Waals surface area contributed by atoms with E-state index in [1.807, 2.05) is 0 Å². The highest BCUT2D eigenvalue weighted by Crippen LogP contribution is 2.33. The van der Waals surface area contributed by atoms with Crippen molar-refractivity contribution >= 4 is 18.0 Å². The van der Waals surface area contributed by atoms with Crippen LogP contribution in [0.25, 0.3) is 5.57 Å². The highest BCUT2D eigenvalue weighted by Gasteiger charge is 2.17. The van der Waals surface area contributed by atoms with Gasteiger partial charge in [0.05, 0.1) is 0 Å². The third kappa shape index (κ3) is 4.09. The first-order valence-electron chi connectivity index (χ1n) is 8.92. The van der Waals surface area contributed by atoms with Gasteiger partial charge in [-0.1, -0.05) is 68.5 Å². The Balaban J connectivity index is 0.00000208. The van der Waals surface area contributed by atoms with Gasteiger partial charge in [0.25, 0.3) is 0 Å². The molecule has 0 aromatic heterocycles. The van der Waals surface area contributed by atoms with Crippen LogP contribution in [0.15, 0.2) is 54.6 Å². The highest BCUT2D eigenvalue weighted by atomic mass is 35.5. The Morgan fingerprint density at radius 1 is 0.833 bits per heavy atom. The zero-order valence-corrected chi connectivity index (χ0v) is 15.6. The normalized spacial score (nSPS) is 12.9. The van der Waals surface area contributed by atoms with E-state index in [4.69, 9.17) is 0 Å². The molecule has 0 aliphatic heterocycles. The van der Waals surface area contributed by atoms with Gasteiger partial charge in [0.1, 0.15) is 0 Å². The Labute approximate surface area is 152 Å². The number of rotatable bonds is 5. The number of fused-ring (bicyclic) bond motifs is 2. The summed E-state index contributed by atoms with van der Waals surface area (Å²) >= 11 is 0. The molecule has 0 atom stereocenters. The minimum absolute atomic E-state index is 0. The molecule has 1 aliphatic carbocycles. The lowest BCUT2D eigenvalue weighted by Crippen LogP contribution is -2.23. The molecule has 0 amide bonds. The van der Waals surface area contributed by atoms with E-state index in [2.05, 4.69) is 73.4 Å². The monoisotopic (exact) mass is 341 g/mol. The van der Waals surface area contributed by atoms with Crippen LogP contribution in [0.5, 0.6) is 0 Å². The van der Waals surface area contributed by atoms with Crippen LogP contribution in [0.3, 0.4) is 0 Å². The van der Waals surface area contributed by atoms with Crippen LogP contribution in [0.1, 0.15) is 42.5 Å².